The lowest BCUT2D eigenvalue weighted by atomic mass is 9.44. The number of hydrogen-bond acceptors (Lipinski definition) is 4. The van der Waals surface area contributed by atoms with Crippen LogP contribution in [0, 0.1) is 47.3 Å². The SMILES string of the molecule is C=C(c1ccc(C)cc1)C1COC2(CC[C@@]3(C)C(CC[C@H]4[C@@H]5CC[C@H](C(C)=O)[C@@]5(C)CC[C@@H]43)C2)OO1. The molecule has 4 aliphatic carbocycles. The highest BCUT2D eigenvalue weighted by Gasteiger charge is 2.62. The van der Waals surface area contributed by atoms with Crippen molar-refractivity contribution >= 4 is 11.4 Å². The molecule has 1 aromatic carbocycles. The van der Waals surface area contributed by atoms with Crippen LogP contribution >= 0.6 is 0 Å². The standard InChI is InChI=1S/C32H44O4/c1-20-6-8-23(9-7-20)21(2)29-19-34-32(36-35-29)17-16-30(4)24(18-32)10-11-25-27-13-12-26(22(3)33)31(27,5)15-14-28(25)30/h6-9,24-29H,2,10-19H2,1,3-5H3/t24?,25-,26+,27-,28-,29?,30-,31+,32?/m0/s1. The summed E-state index contributed by atoms with van der Waals surface area (Å²) >= 11 is 0. The zero-order chi connectivity index (χ0) is 25.3. The van der Waals surface area contributed by atoms with E-state index in [9.17, 15) is 4.79 Å². The minimum Gasteiger partial charge on any atom is -0.344 e. The molecule has 0 aromatic heterocycles. The van der Waals surface area contributed by atoms with Gasteiger partial charge in [0.15, 0.2) is 0 Å². The maximum Gasteiger partial charge on any atom is 0.202 e. The van der Waals surface area contributed by atoms with Crippen molar-refractivity contribution in [2.75, 3.05) is 6.61 Å². The molecule has 1 spiro atoms. The second-order valence-electron chi connectivity index (χ2n) is 13.4. The third-order valence-electron chi connectivity index (χ3n) is 11.8. The van der Waals surface area contributed by atoms with E-state index in [-0.39, 0.29) is 17.4 Å². The Labute approximate surface area is 217 Å². The maximum absolute atomic E-state index is 12.4. The van der Waals surface area contributed by atoms with Gasteiger partial charge in [0.25, 0.3) is 0 Å². The van der Waals surface area contributed by atoms with Crippen LogP contribution in [0.1, 0.15) is 89.7 Å². The molecule has 1 heterocycles. The molecule has 1 aliphatic heterocycles. The lowest BCUT2D eigenvalue weighted by molar-refractivity contribution is -0.489. The summed E-state index contributed by atoms with van der Waals surface area (Å²) in [6.45, 7) is 13.7. The summed E-state index contributed by atoms with van der Waals surface area (Å²) in [6.07, 6.45) is 10.1. The van der Waals surface area contributed by atoms with Crippen molar-refractivity contribution in [2.24, 2.45) is 40.4 Å². The van der Waals surface area contributed by atoms with Gasteiger partial charge in [-0.1, -0.05) is 50.3 Å². The summed E-state index contributed by atoms with van der Waals surface area (Å²) in [5, 5.41) is 0. The van der Waals surface area contributed by atoms with Crippen LogP contribution in [0.15, 0.2) is 30.8 Å². The van der Waals surface area contributed by atoms with E-state index in [4.69, 9.17) is 14.5 Å². The molecule has 5 fully saturated rings. The molecule has 0 radical (unpaired) electrons. The van der Waals surface area contributed by atoms with Gasteiger partial charge in [0.05, 0.1) is 6.61 Å². The first-order valence-corrected chi connectivity index (χ1v) is 14.4. The van der Waals surface area contributed by atoms with Crippen LogP contribution in [0.5, 0.6) is 0 Å². The molecule has 196 valence electrons. The fourth-order valence-electron chi connectivity index (χ4n) is 9.61. The summed E-state index contributed by atoms with van der Waals surface area (Å²) in [5.74, 6) is 2.95. The predicted octanol–water partition coefficient (Wildman–Crippen LogP) is 7.30. The van der Waals surface area contributed by atoms with E-state index in [2.05, 4.69) is 51.6 Å². The fourth-order valence-corrected chi connectivity index (χ4v) is 9.61. The second kappa shape index (κ2) is 8.78. The average Bonchev–Trinajstić information content (AvgIpc) is 3.23. The van der Waals surface area contributed by atoms with Gasteiger partial charge in [0.1, 0.15) is 11.9 Å². The van der Waals surface area contributed by atoms with E-state index in [0.29, 0.717) is 23.7 Å². The van der Waals surface area contributed by atoms with Gasteiger partial charge in [-0.3, -0.25) is 4.79 Å². The molecule has 0 N–H and O–H groups in total. The van der Waals surface area contributed by atoms with Gasteiger partial charge in [0.2, 0.25) is 5.79 Å². The normalized spacial score (nSPS) is 46.0. The lowest BCUT2D eigenvalue weighted by Gasteiger charge is -2.62. The molecule has 6 rings (SSSR count). The Morgan fingerprint density at radius 3 is 2.39 bits per heavy atom. The van der Waals surface area contributed by atoms with Crippen LogP contribution in [0.25, 0.3) is 5.57 Å². The minimum atomic E-state index is -0.614. The first-order valence-electron chi connectivity index (χ1n) is 14.4. The topological polar surface area (TPSA) is 44.8 Å². The molecule has 0 bridgehead atoms. The number of ether oxygens (including phenoxy) is 1. The number of rotatable bonds is 3. The summed E-state index contributed by atoms with van der Waals surface area (Å²) < 4.78 is 6.50. The predicted molar refractivity (Wildman–Crippen MR) is 141 cm³/mol. The monoisotopic (exact) mass is 492 g/mol. The van der Waals surface area contributed by atoms with Crippen molar-refractivity contribution in [3.05, 3.63) is 42.0 Å². The van der Waals surface area contributed by atoms with Crippen molar-refractivity contribution in [3.63, 3.8) is 0 Å². The van der Waals surface area contributed by atoms with Crippen LogP contribution in [-0.4, -0.2) is 24.3 Å². The Hall–Kier alpha value is -1.49. The average molecular weight is 493 g/mol. The van der Waals surface area contributed by atoms with E-state index in [0.717, 1.165) is 54.6 Å². The number of carbonyl (C=O) groups excluding carboxylic acids is 1. The van der Waals surface area contributed by atoms with Crippen molar-refractivity contribution in [1.29, 1.82) is 0 Å². The van der Waals surface area contributed by atoms with Gasteiger partial charge in [0, 0.05) is 18.8 Å². The number of fused-ring (bicyclic) bond motifs is 5. The molecule has 1 saturated heterocycles. The van der Waals surface area contributed by atoms with Gasteiger partial charge in [-0.25, -0.2) is 9.78 Å². The molecule has 4 heteroatoms. The Bertz CT molecular complexity index is 1020. The van der Waals surface area contributed by atoms with Crippen LogP contribution < -0.4 is 0 Å². The maximum atomic E-state index is 12.4. The van der Waals surface area contributed by atoms with Crippen LogP contribution in [0.4, 0.5) is 0 Å². The van der Waals surface area contributed by atoms with Gasteiger partial charge in [-0.2, -0.15) is 0 Å². The Morgan fingerprint density at radius 2 is 1.69 bits per heavy atom. The number of ketones is 1. The Morgan fingerprint density at radius 1 is 0.944 bits per heavy atom. The van der Waals surface area contributed by atoms with Gasteiger partial charge in [-0.15, -0.1) is 0 Å². The number of benzene rings is 1. The minimum absolute atomic E-state index is 0.227. The van der Waals surface area contributed by atoms with E-state index in [1.54, 1.807) is 0 Å². The van der Waals surface area contributed by atoms with Crippen molar-refractivity contribution in [1.82, 2.24) is 0 Å². The first kappa shape index (κ1) is 24.8. The number of Topliss-reactive ketones (excluding diaryl/α,β-unsaturated/α-hetero) is 1. The van der Waals surface area contributed by atoms with Gasteiger partial charge < -0.3 is 4.74 Å². The van der Waals surface area contributed by atoms with E-state index in [1.165, 1.54) is 37.7 Å². The van der Waals surface area contributed by atoms with Crippen LogP contribution in [0.2, 0.25) is 0 Å². The summed E-state index contributed by atoms with van der Waals surface area (Å²) in [4.78, 5) is 24.5. The van der Waals surface area contributed by atoms with Crippen molar-refractivity contribution < 1.29 is 19.3 Å². The van der Waals surface area contributed by atoms with E-state index in [1.807, 2.05) is 6.92 Å². The number of hydrogen-bond donors (Lipinski definition) is 0. The van der Waals surface area contributed by atoms with Gasteiger partial charge >= 0.3 is 0 Å². The largest absolute Gasteiger partial charge is 0.344 e. The third kappa shape index (κ3) is 3.77. The summed E-state index contributed by atoms with van der Waals surface area (Å²) in [6, 6.07) is 8.39. The Kier molecular flexibility index (Phi) is 6.05. The smallest absolute Gasteiger partial charge is 0.202 e. The van der Waals surface area contributed by atoms with Crippen molar-refractivity contribution in [2.45, 2.75) is 97.4 Å². The zero-order valence-corrected chi connectivity index (χ0v) is 22.7. The summed E-state index contributed by atoms with van der Waals surface area (Å²) in [5.41, 5.74) is 3.78. The van der Waals surface area contributed by atoms with E-state index < -0.39 is 5.79 Å². The third-order valence-corrected chi connectivity index (χ3v) is 11.8. The van der Waals surface area contributed by atoms with Gasteiger partial charge in [-0.05, 0) is 104 Å². The molecular formula is C32H44O4. The number of carbonyl (C=O) groups is 1. The number of aryl methyl sites for hydroxylation is 1. The molecule has 0 amide bonds. The molecule has 5 aliphatic rings. The summed E-state index contributed by atoms with van der Waals surface area (Å²) in [7, 11) is 0. The molecule has 4 nitrogen and oxygen atoms in total. The molecular weight excluding hydrogens is 448 g/mol. The zero-order valence-electron chi connectivity index (χ0n) is 22.7. The van der Waals surface area contributed by atoms with Crippen LogP contribution in [0.3, 0.4) is 0 Å². The lowest BCUT2D eigenvalue weighted by Crippen LogP contribution is -2.58. The fraction of sp³-hybridized carbons (Fsp3) is 0.719. The second-order valence-corrected chi connectivity index (χ2v) is 13.4. The quantitative estimate of drug-likeness (QED) is 0.415. The highest BCUT2D eigenvalue weighted by molar-refractivity contribution is 5.79. The Balaban J connectivity index is 1.12. The molecule has 3 unspecified atom stereocenters. The van der Waals surface area contributed by atoms with E-state index >= 15 is 0 Å². The molecule has 1 aromatic rings. The van der Waals surface area contributed by atoms with Crippen molar-refractivity contribution in [3.8, 4) is 0 Å². The highest BCUT2D eigenvalue weighted by atomic mass is 17.2. The molecule has 4 saturated carbocycles. The van der Waals surface area contributed by atoms with Crippen LogP contribution in [-0.2, 0) is 19.3 Å². The highest BCUT2D eigenvalue weighted by Crippen LogP contribution is 2.68. The molecule has 36 heavy (non-hydrogen) atoms. The molecule has 9 atom stereocenters. The first-order chi connectivity index (χ1) is 17.2.